The number of fused-ring (bicyclic) bond motifs is 1. The molecular weight excluding hydrogens is 394 g/mol. The molecule has 8 heteroatoms. The average molecular weight is 414 g/mol. The van der Waals surface area contributed by atoms with Crippen molar-refractivity contribution in [3.63, 3.8) is 0 Å². The first-order valence-corrected chi connectivity index (χ1v) is 11.2. The number of hydrogen-bond acceptors (Lipinski definition) is 5. The highest BCUT2D eigenvalue weighted by molar-refractivity contribution is 7.89. The lowest BCUT2D eigenvalue weighted by molar-refractivity contribution is 0.102. The molecule has 144 valence electrons. The summed E-state index contributed by atoms with van der Waals surface area (Å²) >= 11 is 1.33. The number of aromatic nitrogens is 1. The summed E-state index contributed by atoms with van der Waals surface area (Å²) in [6.07, 6.45) is 0.680. The summed E-state index contributed by atoms with van der Waals surface area (Å²) in [6, 6.07) is 14.0. The number of carbonyl (C=O) groups is 1. The Bertz CT molecular complexity index is 1140. The topological polar surface area (TPSA) is 79.4 Å². The predicted octanol–water partition coefficient (Wildman–Crippen LogP) is 3.45. The van der Waals surface area contributed by atoms with E-state index in [2.05, 4.69) is 10.3 Å². The zero-order valence-electron chi connectivity index (χ0n) is 15.3. The van der Waals surface area contributed by atoms with Crippen LogP contribution in [0, 0.1) is 6.92 Å². The molecule has 1 aliphatic rings. The van der Waals surface area contributed by atoms with Crippen LogP contribution < -0.4 is 5.32 Å². The Morgan fingerprint density at radius 3 is 2.68 bits per heavy atom. The van der Waals surface area contributed by atoms with E-state index in [0.717, 1.165) is 11.3 Å². The molecule has 0 radical (unpaired) electrons. The summed E-state index contributed by atoms with van der Waals surface area (Å²) in [5.74, 6) is -0.379. The summed E-state index contributed by atoms with van der Waals surface area (Å²) < 4.78 is 27.7. The van der Waals surface area contributed by atoms with Gasteiger partial charge in [-0.2, -0.15) is 4.31 Å². The van der Waals surface area contributed by atoms with Gasteiger partial charge in [0, 0.05) is 24.0 Å². The van der Waals surface area contributed by atoms with Crippen molar-refractivity contribution in [2.45, 2.75) is 24.8 Å². The van der Waals surface area contributed by atoms with E-state index < -0.39 is 10.0 Å². The summed E-state index contributed by atoms with van der Waals surface area (Å²) in [6.45, 7) is 2.61. The van der Waals surface area contributed by atoms with Crippen LogP contribution >= 0.6 is 11.3 Å². The molecular formula is C20H19N3O3S2. The number of carbonyl (C=O) groups excluding carboxylic acids is 1. The van der Waals surface area contributed by atoms with Crippen molar-refractivity contribution in [3.8, 4) is 0 Å². The van der Waals surface area contributed by atoms with E-state index in [1.807, 2.05) is 36.6 Å². The van der Waals surface area contributed by atoms with E-state index in [-0.39, 0.29) is 16.4 Å². The van der Waals surface area contributed by atoms with Crippen LogP contribution in [0.1, 0.15) is 27.2 Å². The SMILES string of the molecule is Cc1csc(NC(=O)c2cccc(S(=O)(=O)N3CCc4ccccc4C3)c2)n1. The number of nitrogens with zero attached hydrogens (tertiary/aromatic N) is 2. The molecule has 0 saturated carbocycles. The molecule has 3 aromatic rings. The zero-order valence-corrected chi connectivity index (χ0v) is 16.9. The Labute approximate surface area is 167 Å². The molecule has 0 atom stereocenters. The van der Waals surface area contributed by atoms with E-state index in [4.69, 9.17) is 0 Å². The maximum Gasteiger partial charge on any atom is 0.257 e. The highest BCUT2D eigenvalue weighted by Crippen LogP contribution is 2.25. The number of aryl methyl sites for hydroxylation is 1. The minimum atomic E-state index is -3.69. The molecule has 1 aliphatic heterocycles. The van der Waals surface area contributed by atoms with Gasteiger partial charge in [-0.3, -0.25) is 10.1 Å². The molecule has 6 nitrogen and oxygen atoms in total. The molecule has 0 aliphatic carbocycles. The van der Waals surface area contributed by atoms with E-state index in [1.54, 1.807) is 12.1 Å². The normalized spacial score (nSPS) is 14.5. The van der Waals surface area contributed by atoms with Gasteiger partial charge in [-0.1, -0.05) is 30.3 Å². The quantitative estimate of drug-likeness (QED) is 0.710. The lowest BCUT2D eigenvalue weighted by Crippen LogP contribution is -2.36. The van der Waals surface area contributed by atoms with Crippen LogP contribution in [0.3, 0.4) is 0 Å². The predicted molar refractivity (Wildman–Crippen MR) is 109 cm³/mol. The standard InChI is InChI=1S/C20H19N3O3S2/c1-14-13-27-20(21-14)22-19(24)16-7-4-8-18(11-16)28(25,26)23-10-9-15-5-2-3-6-17(15)12-23/h2-8,11,13H,9-10,12H2,1H3,(H,21,22,24). The number of nitrogens with one attached hydrogen (secondary N) is 1. The van der Waals surface area contributed by atoms with E-state index in [1.165, 1.54) is 33.3 Å². The van der Waals surface area contributed by atoms with Crippen LogP contribution in [0.2, 0.25) is 0 Å². The van der Waals surface area contributed by atoms with Crippen LogP contribution in [0.15, 0.2) is 58.8 Å². The fourth-order valence-electron chi connectivity index (χ4n) is 3.20. The van der Waals surface area contributed by atoms with Crippen molar-refractivity contribution in [3.05, 3.63) is 76.3 Å². The monoisotopic (exact) mass is 413 g/mol. The lowest BCUT2D eigenvalue weighted by Gasteiger charge is -2.28. The van der Waals surface area contributed by atoms with Gasteiger partial charge in [0.15, 0.2) is 5.13 Å². The van der Waals surface area contributed by atoms with Crippen LogP contribution in [0.5, 0.6) is 0 Å². The first-order valence-electron chi connectivity index (χ1n) is 8.84. The van der Waals surface area contributed by atoms with E-state index >= 15 is 0 Å². The fraction of sp³-hybridized carbons (Fsp3) is 0.200. The molecule has 0 unspecified atom stereocenters. The third-order valence-corrected chi connectivity index (χ3v) is 7.39. The van der Waals surface area contributed by atoms with Crippen molar-refractivity contribution >= 4 is 32.4 Å². The first-order chi connectivity index (χ1) is 13.4. The van der Waals surface area contributed by atoms with Crippen LogP contribution in [-0.4, -0.2) is 30.2 Å². The maximum atomic E-state index is 13.1. The Hall–Kier alpha value is -2.55. The van der Waals surface area contributed by atoms with Gasteiger partial charge in [0.25, 0.3) is 5.91 Å². The van der Waals surface area contributed by atoms with Gasteiger partial charge in [0.05, 0.1) is 10.6 Å². The van der Waals surface area contributed by atoms with Gasteiger partial charge in [-0.15, -0.1) is 11.3 Å². The summed E-state index contributed by atoms with van der Waals surface area (Å²) in [5, 5.41) is 5.04. The smallest absolute Gasteiger partial charge is 0.257 e. The highest BCUT2D eigenvalue weighted by atomic mass is 32.2. The molecule has 2 aromatic carbocycles. The molecule has 2 heterocycles. The first kappa shape index (κ1) is 18.8. The Morgan fingerprint density at radius 2 is 1.93 bits per heavy atom. The van der Waals surface area contributed by atoms with Crippen molar-refractivity contribution in [2.75, 3.05) is 11.9 Å². The summed E-state index contributed by atoms with van der Waals surface area (Å²) in [5.41, 5.74) is 3.31. The van der Waals surface area contributed by atoms with Gasteiger partial charge >= 0.3 is 0 Å². The molecule has 0 fully saturated rings. The number of rotatable bonds is 4. The maximum absolute atomic E-state index is 13.1. The summed E-state index contributed by atoms with van der Waals surface area (Å²) in [4.78, 5) is 16.8. The number of hydrogen-bond donors (Lipinski definition) is 1. The Kier molecular flexibility index (Phi) is 5.01. The zero-order chi connectivity index (χ0) is 19.7. The second-order valence-electron chi connectivity index (χ2n) is 6.63. The van der Waals surface area contributed by atoms with Crippen molar-refractivity contribution < 1.29 is 13.2 Å². The number of amides is 1. The average Bonchev–Trinajstić information content (AvgIpc) is 3.12. The van der Waals surface area contributed by atoms with Crippen LogP contribution in [-0.2, 0) is 23.0 Å². The van der Waals surface area contributed by atoms with Crippen LogP contribution in [0.25, 0.3) is 0 Å². The van der Waals surface area contributed by atoms with Crippen molar-refractivity contribution in [2.24, 2.45) is 0 Å². The molecule has 0 saturated heterocycles. The van der Waals surface area contributed by atoms with Gasteiger partial charge in [-0.05, 0) is 42.7 Å². The molecule has 1 N–H and O–H groups in total. The Balaban J connectivity index is 1.57. The third-order valence-electron chi connectivity index (χ3n) is 4.67. The van der Waals surface area contributed by atoms with Gasteiger partial charge in [0.1, 0.15) is 0 Å². The highest BCUT2D eigenvalue weighted by Gasteiger charge is 2.28. The largest absolute Gasteiger partial charge is 0.298 e. The van der Waals surface area contributed by atoms with E-state index in [9.17, 15) is 13.2 Å². The minimum absolute atomic E-state index is 0.120. The van der Waals surface area contributed by atoms with Gasteiger partial charge in [-0.25, -0.2) is 13.4 Å². The number of thiazole rings is 1. The van der Waals surface area contributed by atoms with E-state index in [0.29, 0.717) is 24.6 Å². The third kappa shape index (κ3) is 3.71. The fourth-order valence-corrected chi connectivity index (χ4v) is 5.35. The number of anilines is 1. The lowest BCUT2D eigenvalue weighted by atomic mass is 10.0. The molecule has 28 heavy (non-hydrogen) atoms. The van der Waals surface area contributed by atoms with Crippen LogP contribution in [0.4, 0.5) is 5.13 Å². The number of benzene rings is 2. The van der Waals surface area contributed by atoms with Crippen molar-refractivity contribution in [1.29, 1.82) is 0 Å². The minimum Gasteiger partial charge on any atom is -0.298 e. The second kappa shape index (κ2) is 7.46. The Morgan fingerprint density at radius 1 is 1.14 bits per heavy atom. The van der Waals surface area contributed by atoms with Crippen molar-refractivity contribution in [1.82, 2.24) is 9.29 Å². The van der Waals surface area contributed by atoms with Gasteiger partial charge < -0.3 is 0 Å². The molecule has 1 aromatic heterocycles. The second-order valence-corrected chi connectivity index (χ2v) is 9.43. The molecule has 0 bridgehead atoms. The molecule has 4 rings (SSSR count). The number of sulfonamides is 1. The molecule has 1 amide bonds. The summed E-state index contributed by atoms with van der Waals surface area (Å²) in [7, 11) is -3.69. The van der Waals surface area contributed by atoms with Gasteiger partial charge in [0.2, 0.25) is 10.0 Å². The molecule has 0 spiro atoms.